The summed E-state index contributed by atoms with van der Waals surface area (Å²) in [5.74, 6) is 0. The summed E-state index contributed by atoms with van der Waals surface area (Å²) >= 11 is 0. The molecule has 19 heavy (non-hydrogen) atoms. The minimum absolute atomic E-state index is 0.00616. The number of benzene rings is 1. The highest BCUT2D eigenvalue weighted by atomic mass is 16.7. The lowest BCUT2D eigenvalue weighted by molar-refractivity contribution is -0.154. The van der Waals surface area contributed by atoms with Crippen molar-refractivity contribution in [3.8, 4) is 0 Å². The van der Waals surface area contributed by atoms with Crippen molar-refractivity contribution < 1.29 is 30.3 Å². The summed E-state index contributed by atoms with van der Waals surface area (Å²) < 4.78 is 4.96. The van der Waals surface area contributed by atoms with E-state index in [0.29, 0.717) is 0 Å². The summed E-state index contributed by atoms with van der Waals surface area (Å²) in [5.41, 5.74) is -1.14. The van der Waals surface area contributed by atoms with E-state index >= 15 is 0 Å². The summed E-state index contributed by atoms with van der Waals surface area (Å²) in [6, 6.07) is 8.85. The molecule has 0 spiro atoms. The normalized spacial score (nSPS) is 36.4. The fourth-order valence-electron chi connectivity index (χ4n) is 2.41. The summed E-state index contributed by atoms with van der Waals surface area (Å²) in [5, 5.41) is 48.5. The molecule has 1 aliphatic heterocycles. The predicted molar refractivity (Wildman–Crippen MR) is 65.1 cm³/mol. The number of rotatable bonds is 4. The maximum atomic E-state index is 10.5. The lowest BCUT2D eigenvalue weighted by atomic mass is 9.83. The summed E-state index contributed by atoms with van der Waals surface area (Å²) in [6.07, 6.45) is -5.81. The molecule has 6 heteroatoms. The topological polar surface area (TPSA) is 110 Å². The van der Waals surface area contributed by atoms with Crippen molar-refractivity contribution in [1.29, 1.82) is 0 Å². The lowest BCUT2D eigenvalue weighted by Gasteiger charge is -2.32. The number of hydrogen-bond acceptors (Lipinski definition) is 6. The molecule has 0 aliphatic carbocycles. The minimum atomic E-state index is -1.86. The molecule has 0 aromatic heterocycles. The summed E-state index contributed by atoms with van der Waals surface area (Å²) in [7, 11) is 0. The number of aliphatic hydroxyl groups excluding tert-OH is 4. The Hall–Kier alpha value is -1.02. The van der Waals surface area contributed by atoms with Gasteiger partial charge in [0.2, 0.25) is 0 Å². The summed E-state index contributed by atoms with van der Waals surface area (Å²) in [4.78, 5) is 0. The molecule has 0 radical (unpaired) electrons. The Morgan fingerprint density at radius 3 is 2.42 bits per heavy atom. The fraction of sp³-hybridized carbons (Fsp3) is 0.538. The Morgan fingerprint density at radius 2 is 1.84 bits per heavy atom. The fourth-order valence-corrected chi connectivity index (χ4v) is 2.41. The van der Waals surface area contributed by atoms with E-state index in [9.17, 15) is 20.4 Å². The van der Waals surface area contributed by atoms with E-state index in [1.165, 1.54) is 0 Å². The van der Waals surface area contributed by atoms with Crippen LogP contribution in [0.3, 0.4) is 0 Å². The van der Waals surface area contributed by atoms with Crippen molar-refractivity contribution in [2.24, 2.45) is 0 Å². The van der Waals surface area contributed by atoms with Crippen molar-refractivity contribution in [3.63, 3.8) is 0 Å². The van der Waals surface area contributed by atoms with E-state index in [1.54, 1.807) is 24.3 Å². The molecule has 1 aromatic carbocycles. The van der Waals surface area contributed by atoms with Gasteiger partial charge in [-0.15, -0.1) is 0 Å². The van der Waals surface area contributed by atoms with Gasteiger partial charge < -0.3 is 30.3 Å². The van der Waals surface area contributed by atoms with Crippen LogP contribution in [0.1, 0.15) is 5.56 Å². The average Bonchev–Trinajstić information content (AvgIpc) is 2.64. The standard InChI is InChI=1S/C13H18O6/c14-7-9(15)11-13(18,10(16)12(17)19-11)6-8-4-2-1-3-5-8/h1-5,9-12,14-18H,6-7H2/t9?,10-,11+,12-,13+/m0/s1. The van der Waals surface area contributed by atoms with Gasteiger partial charge >= 0.3 is 0 Å². The van der Waals surface area contributed by atoms with Gasteiger partial charge in [0.25, 0.3) is 0 Å². The number of ether oxygens (including phenoxy) is 1. The molecule has 1 heterocycles. The molecule has 0 saturated carbocycles. The first-order valence-electron chi connectivity index (χ1n) is 6.06. The van der Waals surface area contributed by atoms with Crippen LogP contribution in [0, 0.1) is 0 Å². The molecule has 5 atom stereocenters. The highest BCUT2D eigenvalue weighted by Crippen LogP contribution is 2.35. The molecule has 1 saturated heterocycles. The molecule has 1 aromatic rings. The molecule has 5 N–H and O–H groups in total. The third-order valence-corrected chi connectivity index (χ3v) is 3.43. The first-order valence-corrected chi connectivity index (χ1v) is 6.06. The van der Waals surface area contributed by atoms with E-state index in [0.717, 1.165) is 5.56 Å². The van der Waals surface area contributed by atoms with Crippen molar-refractivity contribution in [2.75, 3.05) is 6.61 Å². The van der Waals surface area contributed by atoms with Crippen LogP contribution in [-0.2, 0) is 11.2 Å². The first-order chi connectivity index (χ1) is 8.99. The quantitative estimate of drug-likeness (QED) is 0.450. The SMILES string of the molecule is OCC(O)[C@H]1O[C@H](O)[C@H](O)[C@]1(O)Cc1ccccc1. The highest BCUT2D eigenvalue weighted by molar-refractivity contribution is 5.20. The zero-order valence-corrected chi connectivity index (χ0v) is 10.3. The van der Waals surface area contributed by atoms with Gasteiger partial charge in [0.1, 0.15) is 23.9 Å². The Labute approximate surface area is 110 Å². The van der Waals surface area contributed by atoms with Crippen molar-refractivity contribution >= 4 is 0 Å². The molecule has 6 nitrogen and oxygen atoms in total. The number of aliphatic hydroxyl groups is 5. The minimum Gasteiger partial charge on any atom is -0.394 e. The van der Waals surface area contributed by atoms with Crippen molar-refractivity contribution in [1.82, 2.24) is 0 Å². The largest absolute Gasteiger partial charge is 0.394 e. The van der Waals surface area contributed by atoms with Crippen LogP contribution in [0.25, 0.3) is 0 Å². The molecule has 1 aliphatic rings. The van der Waals surface area contributed by atoms with Gasteiger partial charge in [-0.3, -0.25) is 0 Å². The average molecular weight is 270 g/mol. The Balaban J connectivity index is 2.26. The number of hydrogen-bond donors (Lipinski definition) is 5. The van der Waals surface area contributed by atoms with Crippen LogP contribution in [0.2, 0.25) is 0 Å². The molecule has 1 unspecified atom stereocenters. The molecule has 0 bridgehead atoms. The third kappa shape index (κ3) is 2.64. The maximum absolute atomic E-state index is 10.5. The van der Waals surface area contributed by atoms with E-state index in [1.807, 2.05) is 6.07 Å². The van der Waals surface area contributed by atoms with E-state index in [-0.39, 0.29) is 6.42 Å². The van der Waals surface area contributed by atoms with Crippen LogP contribution in [0.5, 0.6) is 0 Å². The molecular formula is C13H18O6. The van der Waals surface area contributed by atoms with Crippen molar-refractivity contribution in [3.05, 3.63) is 35.9 Å². The van der Waals surface area contributed by atoms with Crippen LogP contribution >= 0.6 is 0 Å². The Morgan fingerprint density at radius 1 is 1.21 bits per heavy atom. The third-order valence-electron chi connectivity index (χ3n) is 3.43. The van der Waals surface area contributed by atoms with E-state index < -0.39 is 36.8 Å². The van der Waals surface area contributed by atoms with Crippen LogP contribution in [0.4, 0.5) is 0 Å². The molecule has 106 valence electrons. The summed E-state index contributed by atoms with van der Waals surface area (Å²) in [6.45, 7) is -0.638. The van der Waals surface area contributed by atoms with Crippen LogP contribution in [0.15, 0.2) is 30.3 Å². The zero-order chi connectivity index (χ0) is 14.0. The van der Waals surface area contributed by atoms with Gasteiger partial charge in [0.05, 0.1) is 6.61 Å². The zero-order valence-electron chi connectivity index (χ0n) is 10.3. The van der Waals surface area contributed by atoms with Gasteiger partial charge in [0.15, 0.2) is 6.29 Å². The first kappa shape index (κ1) is 14.4. The van der Waals surface area contributed by atoms with Crippen LogP contribution in [-0.4, -0.2) is 62.3 Å². The second-order valence-corrected chi connectivity index (χ2v) is 4.80. The molecule has 0 amide bonds. The van der Waals surface area contributed by atoms with Gasteiger partial charge in [-0.1, -0.05) is 30.3 Å². The molecule has 2 rings (SSSR count). The predicted octanol–water partition coefficient (Wildman–Crippen LogP) is -1.61. The Bertz CT molecular complexity index is 411. The van der Waals surface area contributed by atoms with Gasteiger partial charge in [-0.05, 0) is 5.56 Å². The Kier molecular flexibility index (Phi) is 4.19. The highest BCUT2D eigenvalue weighted by Gasteiger charge is 2.57. The van der Waals surface area contributed by atoms with E-state index in [4.69, 9.17) is 9.84 Å². The lowest BCUT2D eigenvalue weighted by Crippen LogP contribution is -2.54. The van der Waals surface area contributed by atoms with E-state index in [2.05, 4.69) is 0 Å². The smallest absolute Gasteiger partial charge is 0.184 e. The second-order valence-electron chi connectivity index (χ2n) is 4.80. The second kappa shape index (κ2) is 5.54. The van der Waals surface area contributed by atoms with Crippen LogP contribution < -0.4 is 0 Å². The molecular weight excluding hydrogens is 252 g/mol. The van der Waals surface area contributed by atoms with Gasteiger partial charge in [-0.25, -0.2) is 0 Å². The monoisotopic (exact) mass is 270 g/mol. The van der Waals surface area contributed by atoms with Gasteiger partial charge in [0, 0.05) is 6.42 Å². The van der Waals surface area contributed by atoms with Crippen molar-refractivity contribution in [2.45, 2.75) is 36.6 Å². The molecule has 1 fully saturated rings. The maximum Gasteiger partial charge on any atom is 0.184 e. The van der Waals surface area contributed by atoms with Gasteiger partial charge in [-0.2, -0.15) is 0 Å².